The molecule has 1 unspecified atom stereocenters. The van der Waals surface area contributed by atoms with Crippen LogP contribution in [0.3, 0.4) is 0 Å². The third-order valence-corrected chi connectivity index (χ3v) is 5.42. The number of unbranched alkanes of at least 4 members (excludes halogenated alkanes) is 1. The minimum Gasteiger partial charge on any atom is -0.332 e. The zero-order valence-corrected chi connectivity index (χ0v) is 13.4. The lowest BCUT2D eigenvalue weighted by molar-refractivity contribution is 0.207. The maximum Gasteiger partial charge on any atom is 0.318 e. The molecule has 21 heavy (non-hydrogen) atoms. The number of halogens is 1. The van der Waals surface area contributed by atoms with Crippen LogP contribution in [0.4, 0.5) is 4.79 Å². The van der Waals surface area contributed by atoms with E-state index in [0.717, 1.165) is 18.6 Å². The molecule has 2 atom stereocenters. The Morgan fingerprint density at radius 3 is 2.95 bits per heavy atom. The van der Waals surface area contributed by atoms with Gasteiger partial charge in [-0.1, -0.05) is 36.4 Å². The molecule has 3 rings (SSSR count). The quantitative estimate of drug-likeness (QED) is 0.510. The maximum absolute atomic E-state index is 12.2. The molecule has 0 radical (unpaired) electrons. The van der Waals surface area contributed by atoms with Crippen LogP contribution in [-0.4, -0.2) is 34.6 Å². The molecule has 2 fully saturated rings. The first-order chi connectivity index (χ1) is 10.3. The van der Waals surface area contributed by atoms with Gasteiger partial charge in [0.2, 0.25) is 0 Å². The number of carbonyl (C=O) groups is 1. The highest BCUT2D eigenvalue weighted by molar-refractivity contribution is 8.03. The van der Waals surface area contributed by atoms with Crippen LogP contribution >= 0.6 is 23.4 Å². The third-order valence-electron chi connectivity index (χ3n) is 3.89. The maximum atomic E-state index is 12.2. The number of nitrogens with one attached hydrogen (secondary N) is 1. The fourth-order valence-corrected chi connectivity index (χ4v) is 4.36. The molecule has 112 valence electrons. The van der Waals surface area contributed by atoms with Crippen LogP contribution in [0, 0.1) is 0 Å². The summed E-state index contributed by atoms with van der Waals surface area (Å²) in [5.41, 5.74) is 1.17. The van der Waals surface area contributed by atoms with Crippen LogP contribution in [0.25, 0.3) is 0 Å². The number of amides is 2. The summed E-state index contributed by atoms with van der Waals surface area (Å²) >= 11 is 7.61. The van der Waals surface area contributed by atoms with Gasteiger partial charge in [-0.05, 0) is 18.4 Å². The van der Waals surface area contributed by atoms with Crippen molar-refractivity contribution in [3.63, 3.8) is 0 Å². The summed E-state index contributed by atoms with van der Waals surface area (Å²) in [7, 11) is 0. The Labute approximate surface area is 134 Å². The standard InChI is InChI=1S/C16H19ClN2OS/c17-9-5-4-8-14-15-13(11-21-14)18-16(20)19(15)10-12-6-2-1-3-7-12/h1-3,6-8,13,15H,4-5,9-11H2,(H,18,20)/b14-8+/t13?,15-/m0/s1. The smallest absolute Gasteiger partial charge is 0.318 e. The molecular weight excluding hydrogens is 304 g/mol. The highest BCUT2D eigenvalue weighted by atomic mass is 35.5. The lowest BCUT2D eigenvalue weighted by atomic mass is 10.1. The van der Waals surface area contributed by atoms with Gasteiger partial charge in [-0.15, -0.1) is 23.4 Å². The van der Waals surface area contributed by atoms with Gasteiger partial charge in [0.05, 0.1) is 12.1 Å². The number of alkyl halides is 1. The Morgan fingerprint density at radius 1 is 1.38 bits per heavy atom. The van der Waals surface area contributed by atoms with Crippen molar-refractivity contribution in [2.45, 2.75) is 31.5 Å². The second-order valence-electron chi connectivity index (χ2n) is 5.36. The summed E-state index contributed by atoms with van der Waals surface area (Å²) in [4.78, 5) is 15.5. The van der Waals surface area contributed by atoms with Crippen molar-refractivity contribution < 1.29 is 4.79 Å². The van der Waals surface area contributed by atoms with Crippen LogP contribution < -0.4 is 5.32 Å². The lowest BCUT2D eigenvalue weighted by Crippen LogP contribution is -2.34. The van der Waals surface area contributed by atoms with E-state index in [-0.39, 0.29) is 18.1 Å². The Bertz CT molecular complexity index is 534. The number of carbonyl (C=O) groups excluding carboxylic acids is 1. The van der Waals surface area contributed by atoms with Gasteiger partial charge in [-0.25, -0.2) is 4.79 Å². The average Bonchev–Trinajstić information content (AvgIpc) is 3.02. The van der Waals surface area contributed by atoms with Crippen molar-refractivity contribution in [2.75, 3.05) is 11.6 Å². The van der Waals surface area contributed by atoms with Crippen molar-refractivity contribution >= 4 is 29.4 Å². The van der Waals surface area contributed by atoms with Crippen molar-refractivity contribution in [1.29, 1.82) is 0 Å². The van der Waals surface area contributed by atoms with Gasteiger partial charge < -0.3 is 10.2 Å². The number of urea groups is 1. The van der Waals surface area contributed by atoms with Crippen molar-refractivity contribution in [2.24, 2.45) is 0 Å². The van der Waals surface area contributed by atoms with Gasteiger partial charge in [0.15, 0.2) is 0 Å². The fourth-order valence-electron chi connectivity index (χ4n) is 2.87. The number of hydrogen-bond donors (Lipinski definition) is 1. The molecule has 2 amide bonds. The van der Waals surface area contributed by atoms with Gasteiger partial charge in [0.25, 0.3) is 0 Å². The van der Waals surface area contributed by atoms with E-state index in [4.69, 9.17) is 11.6 Å². The summed E-state index contributed by atoms with van der Waals surface area (Å²) < 4.78 is 0. The number of fused-ring (bicyclic) bond motifs is 1. The Hall–Kier alpha value is -1.13. The van der Waals surface area contributed by atoms with E-state index in [1.165, 1.54) is 10.5 Å². The topological polar surface area (TPSA) is 32.3 Å². The van der Waals surface area contributed by atoms with Crippen LogP contribution in [-0.2, 0) is 6.54 Å². The first-order valence-corrected chi connectivity index (χ1v) is 8.81. The van der Waals surface area contributed by atoms with Crippen molar-refractivity contribution in [3.8, 4) is 0 Å². The predicted molar refractivity (Wildman–Crippen MR) is 88.6 cm³/mol. The highest BCUT2D eigenvalue weighted by Crippen LogP contribution is 2.39. The molecule has 3 nitrogen and oxygen atoms in total. The number of thioether (sulfide) groups is 1. The summed E-state index contributed by atoms with van der Waals surface area (Å²) in [6, 6.07) is 10.7. The van der Waals surface area contributed by atoms with Crippen LogP contribution in [0.15, 0.2) is 41.3 Å². The van der Waals surface area contributed by atoms with E-state index in [1.807, 2.05) is 34.9 Å². The van der Waals surface area contributed by atoms with E-state index in [9.17, 15) is 4.79 Å². The molecule has 5 heteroatoms. The first-order valence-electron chi connectivity index (χ1n) is 7.29. The van der Waals surface area contributed by atoms with Gasteiger partial charge in [-0.3, -0.25) is 0 Å². The third kappa shape index (κ3) is 3.22. The van der Waals surface area contributed by atoms with Gasteiger partial charge in [0.1, 0.15) is 0 Å². The number of nitrogens with zero attached hydrogens (tertiary/aromatic N) is 1. The minimum atomic E-state index is 0.0531. The average molecular weight is 323 g/mol. The summed E-state index contributed by atoms with van der Waals surface area (Å²) in [5.74, 6) is 1.65. The van der Waals surface area contributed by atoms with E-state index < -0.39 is 0 Å². The van der Waals surface area contributed by atoms with Crippen LogP contribution in [0.1, 0.15) is 18.4 Å². The van der Waals surface area contributed by atoms with Crippen molar-refractivity contribution in [1.82, 2.24) is 10.2 Å². The second kappa shape index (κ2) is 6.75. The van der Waals surface area contributed by atoms with Crippen molar-refractivity contribution in [3.05, 3.63) is 46.9 Å². The molecule has 2 aliphatic heterocycles. The van der Waals surface area contributed by atoms with E-state index >= 15 is 0 Å². The Balaban J connectivity index is 1.75. The number of hydrogen-bond acceptors (Lipinski definition) is 2. The molecule has 0 spiro atoms. The molecule has 0 aliphatic carbocycles. The first kappa shape index (κ1) is 14.8. The minimum absolute atomic E-state index is 0.0531. The number of benzene rings is 1. The van der Waals surface area contributed by atoms with Gasteiger partial charge in [-0.2, -0.15) is 0 Å². The molecule has 2 saturated heterocycles. The summed E-state index contributed by atoms with van der Waals surface area (Å²) in [5, 5.41) is 3.11. The number of rotatable bonds is 5. The van der Waals surface area contributed by atoms with E-state index in [1.54, 1.807) is 0 Å². The van der Waals surface area contributed by atoms with Crippen LogP contribution in [0.5, 0.6) is 0 Å². The largest absolute Gasteiger partial charge is 0.332 e. The molecular formula is C16H19ClN2OS. The molecule has 0 bridgehead atoms. The molecule has 1 N–H and O–H groups in total. The highest BCUT2D eigenvalue weighted by Gasteiger charge is 2.45. The SMILES string of the molecule is O=C1NC2CS/C(=C/CCCCl)[C@H]2N1Cc1ccccc1. The molecule has 0 saturated carbocycles. The zero-order valence-electron chi connectivity index (χ0n) is 11.8. The molecule has 1 aromatic rings. The van der Waals surface area contributed by atoms with E-state index in [2.05, 4.69) is 23.5 Å². The Morgan fingerprint density at radius 2 is 2.19 bits per heavy atom. The number of allylic oxidation sites excluding steroid dienone is 1. The Kier molecular flexibility index (Phi) is 4.76. The normalized spacial score (nSPS) is 26.2. The second-order valence-corrected chi connectivity index (χ2v) is 6.83. The molecule has 1 aromatic carbocycles. The van der Waals surface area contributed by atoms with Crippen LogP contribution in [0.2, 0.25) is 0 Å². The molecule has 2 heterocycles. The van der Waals surface area contributed by atoms with Gasteiger partial charge >= 0.3 is 6.03 Å². The monoisotopic (exact) mass is 322 g/mol. The zero-order chi connectivity index (χ0) is 14.7. The van der Waals surface area contributed by atoms with E-state index in [0.29, 0.717) is 12.4 Å². The predicted octanol–water partition coefficient (Wildman–Crippen LogP) is 3.60. The fraction of sp³-hybridized carbons (Fsp3) is 0.438. The van der Waals surface area contributed by atoms with Gasteiger partial charge in [0, 0.05) is 23.1 Å². The summed E-state index contributed by atoms with van der Waals surface area (Å²) in [6.07, 6.45) is 4.24. The lowest BCUT2D eigenvalue weighted by Gasteiger charge is -2.23. The molecule has 0 aromatic heterocycles. The molecule has 2 aliphatic rings. The summed E-state index contributed by atoms with van der Waals surface area (Å²) in [6.45, 7) is 0.668.